The van der Waals surface area contributed by atoms with Crippen LogP contribution in [0.1, 0.15) is 36.1 Å². The molecule has 2 heterocycles. The quantitative estimate of drug-likeness (QED) is 0.174. The highest BCUT2D eigenvalue weighted by molar-refractivity contribution is 6.22. The van der Waals surface area contributed by atoms with E-state index in [9.17, 15) is 10.5 Å². The Kier molecular flexibility index (Phi) is 7.64. The van der Waals surface area contributed by atoms with E-state index in [0.717, 1.165) is 71.4 Å². The molecule has 0 fully saturated rings. The Morgan fingerprint density at radius 1 is 0.452 bits per heavy atom. The highest BCUT2D eigenvalue weighted by atomic mass is 15.1. The molecule has 1 aliphatic rings. The van der Waals surface area contributed by atoms with Crippen LogP contribution in [0.25, 0.3) is 76.9 Å². The van der Waals surface area contributed by atoms with Gasteiger partial charge in [0, 0.05) is 49.6 Å². The lowest BCUT2D eigenvalue weighted by molar-refractivity contribution is 0.661. The van der Waals surface area contributed by atoms with Crippen molar-refractivity contribution in [3.05, 3.63) is 210 Å². The molecule has 290 valence electrons. The SMILES string of the molecule is CC1(C)c2ccccc2-c2c1ccc1c3ccccc3n(-c3cc(C#N)c(-n4c5ccc(N(c6ccccc6)c6ccccc6)cc5c5c6ccccc6ccc54)cc3C#N)c21. The first-order valence-electron chi connectivity index (χ1n) is 21.0. The van der Waals surface area contributed by atoms with E-state index in [2.05, 4.69) is 204 Å². The third kappa shape index (κ3) is 4.94. The van der Waals surface area contributed by atoms with Crippen LogP contribution in [0.3, 0.4) is 0 Å². The zero-order valence-electron chi connectivity index (χ0n) is 34.1. The van der Waals surface area contributed by atoms with Gasteiger partial charge >= 0.3 is 0 Å². The van der Waals surface area contributed by atoms with E-state index in [-0.39, 0.29) is 5.41 Å². The molecule has 0 amide bonds. The van der Waals surface area contributed by atoms with Gasteiger partial charge in [-0.3, -0.25) is 0 Å². The van der Waals surface area contributed by atoms with Crippen molar-refractivity contribution in [2.45, 2.75) is 19.3 Å². The van der Waals surface area contributed by atoms with Crippen molar-refractivity contribution >= 4 is 71.4 Å². The summed E-state index contributed by atoms with van der Waals surface area (Å²) in [6, 6.07) is 70.9. The second-order valence-corrected chi connectivity index (χ2v) is 16.7. The summed E-state index contributed by atoms with van der Waals surface area (Å²) < 4.78 is 4.42. The molecule has 62 heavy (non-hydrogen) atoms. The number of nitrogens with zero attached hydrogens (tertiary/aromatic N) is 5. The molecule has 0 saturated carbocycles. The van der Waals surface area contributed by atoms with Gasteiger partial charge in [-0.05, 0) is 94.2 Å². The Morgan fingerprint density at radius 3 is 1.77 bits per heavy atom. The van der Waals surface area contributed by atoms with E-state index in [4.69, 9.17) is 0 Å². The van der Waals surface area contributed by atoms with Crippen LogP contribution in [0, 0.1) is 22.7 Å². The summed E-state index contributed by atoms with van der Waals surface area (Å²) in [7, 11) is 0. The fraction of sp³-hybridized carbons (Fsp3) is 0.0526. The summed E-state index contributed by atoms with van der Waals surface area (Å²) in [5, 5.41) is 29.0. The second kappa shape index (κ2) is 13.3. The van der Waals surface area contributed by atoms with Gasteiger partial charge in [0.1, 0.15) is 12.1 Å². The van der Waals surface area contributed by atoms with Crippen molar-refractivity contribution in [3.8, 4) is 34.6 Å². The van der Waals surface area contributed by atoms with Crippen molar-refractivity contribution < 1.29 is 0 Å². The van der Waals surface area contributed by atoms with E-state index in [1.54, 1.807) is 0 Å². The summed E-state index contributed by atoms with van der Waals surface area (Å²) in [5.41, 5.74) is 14.1. The van der Waals surface area contributed by atoms with Crippen molar-refractivity contribution in [2.75, 3.05) is 4.90 Å². The summed E-state index contributed by atoms with van der Waals surface area (Å²) >= 11 is 0. The minimum atomic E-state index is -0.207. The predicted octanol–water partition coefficient (Wildman–Crippen LogP) is 14.6. The normalized spacial score (nSPS) is 12.8. The lowest BCUT2D eigenvalue weighted by Gasteiger charge is -2.25. The van der Waals surface area contributed by atoms with E-state index >= 15 is 0 Å². The van der Waals surface area contributed by atoms with Crippen LogP contribution < -0.4 is 4.90 Å². The first-order valence-corrected chi connectivity index (χ1v) is 21.0. The van der Waals surface area contributed by atoms with E-state index in [1.807, 2.05) is 24.3 Å². The number of hydrogen-bond acceptors (Lipinski definition) is 3. The molecule has 0 atom stereocenters. The summed E-state index contributed by atoms with van der Waals surface area (Å²) in [4.78, 5) is 2.28. The first-order chi connectivity index (χ1) is 30.5. The minimum absolute atomic E-state index is 0.207. The van der Waals surface area contributed by atoms with Gasteiger partial charge in [-0.25, -0.2) is 0 Å². The third-order valence-electron chi connectivity index (χ3n) is 13.1. The molecule has 0 saturated heterocycles. The molecule has 11 aromatic rings. The van der Waals surface area contributed by atoms with Crippen LogP contribution in [-0.4, -0.2) is 9.13 Å². The lowest BCUT2D eigenvalue weighted by Crippen LogP contribution is -2.14. The van der Waals surface area contributed by atoms with E-state index in [0.29, 0.717) is 22.5 Å². The van der Waals surface area contributed by atoms with Gasteiger partial charge in [-0.2, -0.15) is 10.5 Å². The standard InChI is InChI=1S/C57H37N5/c1-57(2)47-23-13-11-22-45(47)55-48(57)28-27-44-43-21-12-14-24-49(43)62(56(44)55)53-32-37(34-58)52(31-38(53)35-59)61-50-30-26-41(60(39-16-5-3-6-17-39)40-18-7-4-8-19-40)33-46(50)54-42-20-10-9-15-36(42)25-29-51(54)61/h3-33H,1-2H3. The highest BCUT2D eigenvalue weighted by Crippen LogP contribution is 2.53. The molecule has 0 N–H and O–H groups in total. The largest absolute Gasteiger partial charge is 0.310 e. The molecule has 5 heteroatoms. The fourth-order valence-electron chi connectivity index (χ4n) is 10.4. The smallest absolute Gasteiger partial charge is 0.101 e. The number of para-hydroxylation sites is 3. The molecule has 2 aromatic heterocycles. The topological polar surface area (TPSA) is 60.7 Å². The Labute approximate surface area is 358 Å². The van der Waals surface area contributed by atoms with Crippen molar-refractivity contribution in [3.63, 3.8) is 0 Å². The number of rotatable bonds is 5. The van der Waals surface area contributed by atoms with Crippen LogP contribution in [0.5, 0.6) is 0 Å². The lowest BCUT2D eigenvalue weighted by atomic mass is 9.82. The van der Waals surface area contributed by atoms with Crippen LogP contribution in [-0.2, 0) is 5.41 Å². The monoisotopic (exact) mass is 791 g/mol. The number of anilines is 3. The second-order valence-electron chi connectivity index (χ2n) is 16.7. The summed E-state index contributed by atoms with van der Waals surface area (Å²) in [5.74, 6) is 0. The molecule has 0 bridgehead atoms. The van der Waals surface area contributed by atoms with Crippen LogP contribution in [0.15, 0.2) is 188 Å². The molecule has 0 aliphatic heterocycles. The zero-order valence-corrected chi connectivity index (χ0v) is 34.1. The maximum absolute atomic E-state index is 11.2. The minimum Gasteiger partial charge on any atom is -0.310 e. The van der Waals surface area contributed by atoms with Crippen LogP contribution in [0.4, 0.5) is 17.1 Å². The molecule has 5 nitrogen and oxygen atoms in total. The number of aromatic nitrogens is 2. The van der Waals surface area contributed by atoms with Crippen molar-refractivity contribution in [1.82, 2.24) is 9.13 Å². The Balaban J connectivity index is 1.15. The number of fused-ring (bicyclic) bond motifs is 12. The molecule has 0 spiro atoms. The summed E-state index contributed by atoms with van der Waals surface area (Å²) in [6.07, 6.45) is 0. The average Bonchev–Trinajstić information content (AvgIpc) is 3.92. The molecule has 1 aliphatic carbocycles. The molecule has 0 unspecified atom stereocenters. The predicted molar refractivity (Wildman–Crippen MR) is 254 cm³/mol. The van der Waals surface area contributed by atoms with E-state index in [1.165, 1.54) is 22.3 Å². The molecular weight excluding hydrogens is 755 g/mol. The molecule has 0 radical (unpaired) electrons. The summed E-state index contributed by atoms with van der Waals surface area (Å²) in [6.45, 7) is 4.58. The Bertz CT molecular complexity index is 3700. The molecule has 12 rings (SSSR count). The average molecular weight is 792 g/mol. The maximum Gasteiger partial charge on any atom is 0.101 e. The van der Waals surface area contributed by atoms with Crippen LogP contribution >= 0.6 is 0 Å². The first kappa shape index (κ1) is 35.6. The number of hydrogen-bond donors (Lipinski definition) is 0. The maximum atomic E-state index is 11.2. The van der Waals surface area contributed by atoms with Crippen molar-refractivity contribution in [1.29, 1.82) is 10.5 Å². The van der Waals surface area contributed by atoms with Crippen molar-refractivity contribution in [2.24, 2.45) is 0 Å². The number of nitriles is 2. The van der Waals surface area contributed by atoms with Gasteiger partial charge in [0.25, 0.3) is 0 Å². The van der Waals surface area contributed by atoms with Gasteiger partial charge in [-0.1, -0.05) is 135 Å². The fourth-order valence-corrected chi connectivity index (χ4v) is 10.4. The van der Waals surface area contributed by atoms with Gasteiger partial charge in [0.05, 0.1) is 44.6 Å². The van der Waals surface area contributed by atoms with Gasteiger partial charge in [0.15, 0.2) is 0 Å². The highest BCUT2D eigenvalue weighted by Gasteiger charge is 2.38. The zero-order chi connectivity index (χ0) is 41.7. The van der Waals surface area contributed by atoms with Crippen LogP contribution in [0.2, 0.25) is 0 Å². The number of benzene rings is 9. The van der Waals surface area contributed by atoms with Gasteiger partial charge < -0.3 is 14.0 Å². The molecule has 9 aromatic carbocycles. The third-order valence-corrected chi connectivity index (χ3v) is 13.1. The Hall–Kier alpha value is -8.38. The van der Waals surface area contributed by atoms with Gasteiger partial charge in [-0.15, -0.1) is 0 Å². The Morgan fingerprint density at radius 2 is 1.05 bits per heavy atom. The molecular formula is C57H37N5. The van der Waals surface area contributed by atoms with E-state index < -0.39 is 0 Å². The van der Waals surface area contributed by atoms with Gasteiger partial charge in [0.2, 0.25) is 0 Å².